The van der Waals surface area contributed by atoms with E-state index < -0.39 is 15.7 Å². The smallest absolute Gasteiger partial charge is 0.218 e. The number of ether oxygens (including phenoxy) is 1. The average molecular weight is 491 g/mol. The molecular weight excluding hydrogens is 459 g/mol. The van der Waals surface area contributed by atoms with Gasteiger partial charge in [0, 0.05) is 24.9 Å². The van der Waals surface area contributed by atoms with Crippen LogP contribution in [0.15, 0.2) is 56.9 Å². The van der Waals surface area contributed by atoms with E-state index in [2.05, 4.69) is 20.4 Å². The van der Waals surface area contributed by atoms with E-state index in [0.29, 0.717) is 23.3 Å². The van der Waals surface area contributed by atoms with Crippen LogP contribution in [0.3, 0.4) is 0 Å². The van der Waals surface area contributed by atoms with Gasteiger partial charge in [-0.3, -0.25) is 4.98 Å². The number of nitrogens with zero attached hydrogens (tertiary/aromatic N) is 5. The van der Waals surface area contributed by atoms with Crippen LogP contribution in [0.5, 0.6) is 5.75 Å². The van der Waals surface area contributed by atoms with E-state index in [1.165, 1.54) is 12.1 Å². The van der Waals surface area contributed by atoms with Gasteiger partial charge in [-0.15, -0.1) is 0 Å². The van der Waals surface area contributed by atoms with Crippen molar-refractivity contribution >= 4 is 15.8 Å². The van der Waals surface area contributed by atoms with Crippen molar-refractivity contribution in [1.29, 1.82) is 0 Å². The quantitative estimate of drug-likeness (QED) is 0.272. The van der Waals surface area contributed by atoms with Gasteiger partial charge < -0.3 is 15.4 Å². The van der Waals surface area contributed by atoms with Crippen molar-refractivity contribution in [2.75, 3.05) is 19.3 Å². The number of aromatic nitrogens is 1. The van der Waals surface area contributed by atoms with Crippen LogP contribution in [-0.2, 0) is 9.84 Å². The third-order valence-electron chi connectivity index (χ3n) is 5.66. The summed E-state index contributed by atoms with van der Waals surface area (Å²) in [5.41, 5.74) is 6.63. The van der Waals surface area contributed by atoms with E-state index in [-0.39, 0.29) is 22.6 Å². The molecule has 0 saturated carbocycles. The molecule has 3 rings (SSSR count). The highest BCUT2D eigenvalue weighted by atomic mass is 32.2. The van der Waals surface area contributed by atoms with Gasteiger partial charge in [0.25, 0.3) is 0 Å². The van der Waals surface area contributed by atoms with Crippen LogP contribution in [0.1, 0.15) is 33.6 Å². The van der Waals surface area contributed by atoms with Gasteiger partial charge in [-0.25, -0.2) is 12.8 Å². The third kappa shape index (κ3) is 6.72. The fourth-order valence-electron chi connectivity index (χ4n) is 3.69. The van der Waals surface area contributed by atoms with Crippen LogP contribution >= 0.6 is 0 Å². The molecule has 9 nitrogen and oxygen atoms in total. The maximum atomic E-state index is 14.4. The van der Waals surface area contributed by atoms with Crippen molar-refractivity contribution in [3.8, 4) is 17.0 Å². The number of sulfone groups is 1. The Kier molecular flexibility index (Phi) is 8.19. The van der Waals surface area contributed by atoms with E-state index in [4.69, 9.17) is 10.5 Å². The molecule has 0 radical (unpaired) electrons. The number of rotatable bonds is 7. The first-order valence-corrected chi connectivity index (χ1v) is 13.0. The van der Waals surface area contributed by atoms with Crippen LogP contribution in [-0.4, -0.2) is 55.8 Å². The normalized spacial score (nSPS) is 16.9. The van der Waals surface area contributed by atoms with Gasteiger partial charge >= 0.3 is 0 Å². The van der Waals surface area contributed by atoms with E-state index in [0.717, 1.165) is 38.3 Å². The first kappa shape index (κ1) is 25.5. The van der Waals surface area contributed by atoms with Crippen molar-refractivity contribution in [1.82, 2.24) is 9.88 Å². The molecule has 0 spiro atoms. The molecule has 1 fully saturated rings. The first-order valence-electron chi connectivity index (χ1n) is 11.2. The largest absolute Gasteiger partial charge is 0.489 e. The molecule has 2 heterocycles. The summed E-state index contributed by atoms with van der Waals surface area (Å²) in [4.78, 5) is 6.22. The Bertz CT molecular complexity index is 1140. The Labute approximate surface area is 199 Å². The Morgan fingerprint density at radius 2 is 1.91 bits per heavy atom. The van der Waals surface area contributed by atoms with Crippen molar-refractivity contribution in [3.05, 3.63) is 42.3 Å². The molecule has 2 N–H and O–H groups in total. The highest BCUT2D eigenvalue weighted by Gasteiger charge is 2.26. The second-order valence-electron chi connectivity index (χ2n) is 8.70. The molecule has 184 valence electrons. The highest BCUT2D eigenvalue weighted by molar-refractivity contribution is 7.90. The summed E-state index contributed by atoms with van der Waals surface area (Å²) < 4.78 is 43.7. The van der Waals surface area contributed by atoms with Gasteiger partial charge in [0.05, 0.1) is 28.9 Å². The number of guanidine groups is 1. The van der Waals surface area contributed by atoms with Gasteiger partial charge in [0.15, 0.2) is 9.84 Å². The molecule has 1 aliphatic rings. The van der Waals surface area contributed by atoms with Crippen LogP contribution in [0.4, 0.5) is 4.39 Å². The Morgan fingerprint density at radius 1 is 1.21 bits per heavy atom. The van der Waals surface area contributed by atoms with Crippen molar-refractivity contribution in [2.45, 2.75) is 50.7 Å². The van der Waals surface area contributed by atoms with Gasteiger partial charge in [0.1, 0.15) is 11.6 Å². The summed E-state index contributed by atoms with van der Waals surface area (Å²) in [6.45, 7) is 7.37. The lowest BCUT2D eigenvalue weighted by Gasteiger charge is -2.35. The van der Waals surface area contributed by atoms with Crippen molar-refractivity contribution in [2.24, 2.45) is 27.1 Å². The predicted octanol–water partition coefficient (Wildman–Crippen LogP) is 3.86. The minimum atomic E-state index is -3.48. The lowest BCUT2D eigenvalue weighted by Crippen LogP contribution is -2.45. The third-order valence-corrected chi connectivity index (χ3v) is 6.77. The summed E-state index contributed by atoms with van der Waals surface area (Å²) in [5, 5.41) is 11.7. The van der Waals surface area contributed by atoms with Gasteiger partial charge in [-0.2, -0.15) is 5.11 Å². The van der Waals surface area contributed by atoms with Crippen LogP contribution in [0, 0.1) is 11.7 Å². The number of pyridine rings is 1. The summed E-state index contributed by atoms with van der Waals surface area (Å²) in [6.07, 6.45) is 4.33. The molecule has 11 heteroatoms. The zero-order chi connectivity index (χ0) is 24.9. The lowest BCUT2D eigenvalue weighted by atomic mass is 9.92. The maximum Gasteiger partial charge on any atom is 0.218 e. The van der Waals surface area contributed by atoms with Gasteiger partial charge in [-0.05, 0) is 75.1 Å². The first-order chi connectivity index (χ1) is 16.0. The Morgan fingerprint density at radius 3 is 2.47 bits per heavy atom. The standard InChI is InChI=1S/C23H31FN6O3S/c1-15(2)27-29-28-23(25)30-11-9-17(10-12-30)16(3)33-18-5-8-22(26-14-18)20-7-6-19(13-21(20)24)34(4,31)32/h5-8,13-17H,9-12H2,1-4H3,(H2,25,27,28)/t16-/m0/s1. The number of halogens is 1. The second kappa shape index (κ2) is 10.9. The minimum Gasteiger partial charge on any atom is -0.489 e. The summed E-state index contributed by atoms with van der Waals surface area (Å²) in [5.74, 6) is 0.648. The average Bonchev–Trinajstić information content (AvgIpc) is 2.79. The monoisotopic (exact) mass is 490 g/mol. The molecule has 1 aromatic heterocycles. The molecule has 34 heavy (non-hydrogen) atoms. The minimum absolute atomic E-state index is 0.0422. The number of benzene rings is 1. The highest BCUT2D eigenvalue weighted by Crippen LogP contribution is 2.27. The molecule has 0 unspecified atom stereocenters. The number of hydrogen-bond acceptors (Lipinski definition) is 6. The summed E-state index contributed by atoms with van der Waals surface area (Å²) in [6, 6.07) is 7.27. The zero-order valence-corrected chi connectivity index (χ0v) is 20.7. The molecule has 0 amide bonds. The zero-order valence-electron chi connectivity index (χ0n) is 19.8. The molecule has 1 aromatic carbocycles. The van der Waals surface area contributed by atoms with E-state index in [9.17, 15) is 12.8 Å². The molecule has 0 aliphatic carbocycles. The second-order valence-corrected chi connectivity index (χ2v) is 10.7. The van der Waals surface area contributed by atoms with Crippen molar-refractivity contribution in [3.63, 3.8) is 0 Å². The van der Waals surface area contributed by atoms with Gasteiger partial charge in [-0.1, -0.05) is 5.10 Å². The fraction of sp³-hybridized carbons (Fsp3) is 0.478. The van der Waals surface area contributed by atoms with E-state index >= 15 is 0 Å². The number of piperidine rings is 1. The molecule has 1 aliphatic heterocycles. The van der Waals surface area contributed by atoms with Crippen LogP contribution in [0.2, 0.25) is 0 Å². The molecule has 0 bridgehead atoms. The topological polar surface area (TPSA) is 123 Å². The number of hydrogen-bond donors (Lipinski definition) is 1. The number of likely N-dealkylation sites (tertiary alicyclic amines) is 1. The van der Waals surface area contributed by atoms with E-state index in [1.807, 2.05) is 25.7 Å². The maximum absolute atomic E-state index is 14.4. The Hall–Kier alpha value is -3.08. The summed E-state index contributed by atoms with van der Waals surface area (Å²) >= 11 is 0. The molecule has 2 aromatic rings. The Balaban J connectivity index is 1.57. The predicted molar refractivity (Wildman–Crippen MR) is 129 cm³/mol. The van der Waals surface area contributed by atoms with E-state index in [1.54, 1.807) is 18.3 Å². The van der Waals surface area contributed by atoms with Crippen molar-refractivity contribution < 1.29 is 17.5 Å². The molecular formula is C23H31FN6O3S. The molecule has 1 atom stereocenters. The summed E-state index contributed by atoms with van der Waals surface area (Å²) in [7, 11) is -3.48. The lowest BCUT2D eigenvalue weighted by molar-refractivity contribution is 0.108. The number of nitrogens with two attached hydrogens (primary N) is 1. The SMILES string of the molecule is CC(C)N=N/N=C(\N)N1CCC([C@H](C)Oc2ccc(-c3ccc(S(C)(=O)=O)cc3F)nc2)CC1. The molecule has 1 saturated heterocycles. The van der Waals surface area contributed by atoms with Crippen LogP contribution < -0.4 is 10.5 Å². The van der Waals surface area contributed by atoms with Gasteiger partial charge in [0.2, 0.25) is 5.96 Å². The van der Waals surface area contributed by atoms with Crippen LogP contribution in [0.25, 0.3) is 11.3 Å². The fourth-order valence-corrected chi connectivity index (χ4v) is 4.32.